The Morgan fingerprint density at radius 3 is 2.62 bits per heavy atom. The average molecular weight is 287 g/mol. The molecule has 2 aromatic carbocycles. The summed E-state index contributed by atoms with van der Waals surface area (Å²) in [5.41, 5.74) is 0.928. The first-order chi connectivity index (χ1) is 9.99. The van der Waals surface area contributed by atoms with Crippen molar-refractivity contribution in [3.8, 4) is 5.75 Å². The van der Waals surface area contributed by atoms with Gasteiger partial charge in [-0.15, -0.1) is 0 Å². The number of benzene rings is 2. The Hall–Kier alpha value is -2.89. The van der Waals surface area contributed by atoms with Crippen LogP contribution in [0.15, 0.2) is 42.5 Å². The van der Waals surface area contributed by atoms with Gasteiger partial charge in [-0.2, -0.15) is 0 Å². The van der Waals surface area contributed by atoms with Crippen LogP contribution in [0.25, 0.3) is 0 Å². The zero-order valence-electron chi connectivity index (χ0n) is 11.3. The van der Waals surface area contributed by atoms with Crippen LogP contribution in [0.5, 0.6) is 5.75 Å². The van der Waals surface area contributed by atoms with E-state index >= 15 is 0 Å². The third-order valence-corrected chi connectivity index (χ3v) is 3.01. The first-order valence-electron chi connectivity index (χ1n) is 6.18. The molecule has 0 aliphatic carbocycles. The van der Waals surface area contributed by atoms with Gasteiger partial charge in [-0.05, 0) is 24.6 Å². The summed E-state index contributed by atoms with van der Waals surface area (Å²) < 4.78 is 5.58. The number of carbonyl (C=O) groups is 1. The molecule has 1 N–H and O–H groups in total. The van der Waals surface area contributed by atoms with Gasteiger partial charge in [-0.1, -0.05) is 18.2 Å². The van der Waals surface area contributed by atoms with Crippen molar-refractivity contribution in [2.45, 2.75) is 13.5 Å². The molecule has 0 aliphatic heterocycles. The van der Waals surface area contributed by atoms with Crippen LogP contribution in [0.2, 0.25) is 0 Å². The topological polar surface area (TPSA) is 89.7 Å². The summed E-state index contributed by atoms with van der Waals surface area (Å²) in [7, 11) is 0. The van der Waals surface area contributed by atoms with E-state index in [0.29, 0.717) is 11.3 Å². The van der Waals surface area contributed by atoms with Crippen molar-refractivity contribution in [1.29, 1.82) is 0 Å². The van der Waals surface area contributed by atoms with Crippen molar-refractivity contribution < 1.29 is 19.6 Å². The van der Waals surface area contributed by atoms with E-state index in [2.05, 4.69) is 0 Å². The van der Waals surface area contributed by atoms with E-state index in [0.717, 1.165) is 11.6 Å². The van der Waals surface area contributed by atoms with Gasteiger partial charge < -0.3 is 9.84 Å². The molecule has 2 rings (SSSR count). The van der Waals surface area contributed by atoms with Gasteiger partial charge in [0, 0.05) is 17.7 Å². The Morgan fingerprint density at radius 2 is 2.00 bits per heavy atom. The Labute approximate surface area is 120 Å². The lowest BCUT2D eigenvalue weighted by molar-refractivity contribution is -0.384. The number of non-ortho nitro benzene ring substituents is 1. The first-order valence-corrected chi connectivity index (χ1v) is 6.18. The van der Waals surface area contributed by atoms with Crippen molar-refractivity contribution in [3.05, 3.63) is 69.3 Å². The number of aryl methyl sites for hydroxylation is 1. The van der Waals surface area contributed by atoms with E-state index in [4.69, 9.17) is 9.84 Å². The van der Waals surface area contributed by atoms with Gasteiger partial charge >= 0.3 is 5.97 Å². The Bertz CT molecular complexity index is 696. The highest BCUT2D eigenvalue weighted by atomic mass is 16.6. The molecule has 0 aromatic heterocycles. The van der Waals surface area contributed by atoms with Crippen molar-refractivity contribution in [2.75, 3.05) is 0 Å². The normalized spacial score (nSPS) is 10.1. The highest BCUT2D eigenvalue weighted by Crippen LogP contribution is 2.22. The molecule has 108 valence electrons. The number of para-hydroxylation sites is 1. The number of nitro benzene ring substituents is 1. The van der Waals surface area contributed by atoms with E-state index in [1.165, 1.54) is 12.1 Å². The second kappa shape index (κ2) is 6.04. The number of hydrogen-bond donors (Lipinski definition) is 1. The lowest BCUT2D eigenvalue weighted by Crippen LogP contribution is -2.07. The van der Waals surface area contributed by atoms with E-state index in [9.17, 15) is 14.9 Å². The lowest BCUT2D eigenvalue weighted by Gasteiger charge is -2.10. The number of ether oxygens (including phenoxy) is 1. The quantitative estimate of drug-likeness (QED) is 0.673. The number of rotatable bonds is 5. The van der Waals surface area contributed by atoms with Gasteiger partial charge in [0.15, 0.2) is 0 Å². The van der Waals surface area contributed by atoms with Crippen LogP contribution >= 0.6 is 0 Å². The zero-order chi connectivity index (χ0) is 15.4. The maximum atomic E-state index is 11.2. The number of carboxylic acid groups (broad SMARTS) is 1. The van der Waals surface area contributed by atoms with Crippen LogP contribution in [0.4, 0.5) is 5.69 Å². The van der Waals surface area contributed by atoms with E-state index < -0.39 is 10.9 Å². The fourth-order valence-electron chi connectivity index (χ4n) is 1.88. The summed E-state index contributed by atoms with van der Waals surface area (Å²) in [4.78, 5) is 21.3. The van der Waals surface area contributed by atoms with Gasteiger partial charge in [0.2, 0.25) is 0 Å². The fourth-order valence-corrected chi connectivity index (χ4v) is 1.88. The molecule has 0 amide bonds. The second-order valence-electron chi connectivity index (χ2n) is 4.46. The van der Waals surface area contributed by atoms with Crippen molar-refractivity contribution in [1.82, 2.24) is 0 Å². The van der Waals surface area contributed by atoms with Crippen LogP contribution in [0.1, 0.15) is 21.5 Å². The predicted octanol–water partition coefficient (Wildman–Crippen LogP) is 3.18. The van der Waals surface area contributed by atoms with E-state index in [1.807, 2.05) is 25.1 Å². The largest absolute Gasteiger partial charge is 0.489 e. The predicted molar refractivity (Wildman–Crippen MR) is 75.6 cm³/mol. The molecule has 0 aliphatic rings. The van der Waals surface area contributed by atoms with Crippen LogP contribution in [-0.2, 0) is 6.61 Å². The first kappa shape index (κ1) is 14.5. The molecule has 0 bridgehead atoms. The Kier molecular flexibility index (Phi) is 4.18. The van der Waals surface area contributed by atoms with E-state index in [-0.39, 0.29) is 17.9 Å². The number of nitrogens with zero attached hydrogens (tertiary/aromatic N) is 1. The lowest BCUT2D eigenvalue weighted by atomic mass is 10.1. The fraction of sp³-hybridized carbons (Fsp3) is 0.133. The third kappa shape index (κ3) is 3.36. The van der Waals surface area contributed by atoms with Crippen molar-refractivity contribution in [2.24, 2.45) is 0 Å². The van der Waals surface area contributed by atoms with Crippen molar-refractivity contribution in [3.63, 3.8) is 0 Å². The van der Waals surface area contributed by atoms with Crippen LogP contribution < -0.4 is 4.74 Å². The maximum Gasteiger partial charge on any atom is 0.336 e. The Balaban J connectivity index is 2.26. The molecule has 0 radical (unpaired) electrons. The molecule has 0 heterocycles. The Morgan fingerprint density at radius 1 is 1.29 bits per heavy atom. The summed E-state index contributed by atoms with van der Waals surface area (Å²) in [5, 5.41) is 19.8. The molecule has 6 heteroatoms. The number of carboxylic acids is 1. The molecule has 0 fully saturated rings. The minimum Gasteiger partial charge on any atom is -0.489 e. The van der Waals surface area contributed by atoms with Gasteiger partial charge in [0.25, 0.3) is 5.69 Å². The summed E-state index contributed by atoms with van der Waals surface area (Å²) >= 11 is 0. The molecule has 21 heavy (non-hydrogen) atoms. The number of aromatic carboxylic acids is 1. The summed E-state index contributed by atoms with van der Waals surface area (Å²) in [5.74, 6) is -0.575. The SMILES string of the molecule is Cc1ccccc1OCc1ccc([N+](=O)[O-])cc1C(=O)O. The molecular formula is C15H13NO5. The minimum absolute atomic E-state index is 0.0322. The summed E-state index contributed by atoms with van der Waals surface area (Å²) in [6.45, 7) is 1.91. The molecule has 0 saturated heterocycles. The molecular weight excluding hydrogens is 274 g/mol. The van der Waals surface area contributed by atoms with E-state index in [1.54, 1.807) is 6.07 Å². The molecule has 0 atom stereocenters. The zero-order valence-corrected chi connectivity index (χ0v) is 11.3. The molecule has 0 unspecified atom stereocenters. The minimum atomic E-state index is -1.22. The van der Waals surface area contributed by atoms with Gasteiger partial charge in [-0.25, -0.2) is 4.79 Å². The summed E-state index contributed by atoms with van der Waals surface area (Å²) in [6.07, 6.45) is 0. The second-order valence-corrected chi connectivity index (χ2v) is 4.46. The van der Waals surface area contributed by atoms with Gasteiger partial charge in [0.1, 0.15) is 12.4 Å². The van der Waals surface area contributed by atoms with Gasteiger partial charge in [0.05, 0.1) is 10.5 Å². The highest BCUT2D eigenvalue weighted by Gasteiger charge is 2.16. The number of nitro groups is 1. The number of hydrogen-bond acceptors (Lipinski definition) is 4. The van der Waals surface area contributed by atoms with Gasteiger partial charge in [-0.3, -0.25) is 10.1 Å². The van der Waals surface area contributed by atoms with Crippen LogP contribution in [-0.4, -0.2) is 16.0 Å². The molecule has 6 nitrogen and oxygen atoms in total. The average Bonchev–Trinajstić information content (AvgIpc) is 2.46. The van der Waals surface area contributed by atoms with Crippen molar-refractivity contribution >= 4 is 11.7 Å². The molecule has 0 spiro atoms. The smallest absolute Gasteiger partial charge is 0.336 e. The third-order valence-electron chi connectivity index (χ3n) is 3.01. The monoisotopic (exact) mass is 287 g/mol. The maximum absolute atomic E-state index is 11.2. The molecule has 2 aromatic rings. The standard InChI is InChI=1S/C15H13NO5/c1-10-4-2-3-5-14(10)21-9-11-6-7-12(16(19)20)8-13(11)15(17)18/h2-8H,9H2,1H3,(H,17,18). The van der Waals surface area contributed by atoms with Crippen LogP contribution in [0, 0.1) is 17.0 Å². The highest BCUT2D eigenvalue weighted by molar-refractivity contribution is 5.90. The summed E-state index contributed by atoms with van der Waals surface area (Å²) in [6, 6.07) is 11.1. The van der Waals surface area contributed by atoms with Crippen LogP contribution in [0.3, 0.4) is 0 Å². The molecule has 0 saturated carbocycles.